The molecule has 0 radical (unpaired) electrons. The summed E-state index contributed by atoms with van der Waals surface area (Å²) in [5.41, 5.74) is 0.879. The molecule has 2 aromatic rings. The third-order valence-electron chi connectivity index (χ3n) is 3.66. The van der Waals surface area contributed by atoms with Gasteiger partial charge in [0.05, 0.1) is 5.39 Å². The fourth-order valence-electron chi connectivity index (χ4n) is 2.68. The average molecular weight is 246 g/mol. The normalized spacial score (nSPS) is 21.2. The van der Waals surface area contributed by atoms with Gasteiger partial charge in [-0.1, -0.05) is 6.42 Å². The summed E-state index contributed by atoms with van der Waals surface area (Å²) in [6.07, 6.45) is 6.95. The second kappa shape index (κ2) is 4.94. The zero-order valence-electron chi connectivity index (χ0n) is 10.3. The summed E-state index contributed by atoms with van der Waals surface area (Å²) < 4.78 is 0. The van der Waals surface area contributed by atoms with E-state index in [4.69, 9.17) is 0 Å². The number of aliphatic hydroxyl groups is 1. The summed E-state index contributed by atoms with van der Waals surface area (Å²) in [5, 5.41) is 10.5. The molecule has 2 aromatic heterocycles. The second-order valence-electron chi connectivity index (χ2n) is 4.93. The van der Waals surface area contributed by atoms with Gasteiger partial charge < -0.3 is 15.0 Å². The van der Waals surface area contributed by atoms with Crippen molar-refractivity contribution in [3.63, 3.8) is 0 Å². The number of hydrogen-bond acceptors (Lipinski definition) is 4. The Labute approximate surface area is 106 Å². The SMILES string of the molecule is OCC1CCCCN(c2ncnc3[nH]ccc23)C1. The summed E-state index contributed by atoms with van der Waals surface area (Å²) in [5.74, 6) is 1.35. The summed E-state index contributed by atoms with van der Waals surface area (Å²) in [4.78, 5) is 14.0. The van der Waals surface area contributed by atoms with E-state index in [0.717, 1.165) is 42.8 Å². The zero-order chi connectivity index (χ0) is 12.4. The summed E-state index contributed by atoms with van der Waals surface area (Å²) in [6.45, 7) is 2.15. The maximum Gasteiger partial charge on any atom is 0.142 e. The number of fused-ring (bicyclic) bond motifs is 1. The molecule has 1 saturated heterocycles. The van der Waals surface area contributed by atoms with Gasteiger partial charge in [-0.25, -0.2) is 9.97 Å². The number of nitrogens with one attached hydrogen (secondary N) is 1. The van der Waals surface area contributed by atoms with Crippen molar-refractivity contribution in [2.75, 3.05) is 24.6 Å². The molecule has 0 aromatic carbocycles. The van der Waals surface area contributed by atoms with Gasteiger partial charge in [0.2, 0.25) is 0 Å². The van der Waals surface area contributed by atoms with Crippen LogP contribution in [0.3, 0.4) is 0 Å². The number of aromatic nitrogens is 3. The molecule has 3 heterocycles. The Morgan fingerprint density at radius 2 is 2.33 bits per heavy atom. The smallest absolute Gasteiger partial charge is 0.142 e. The van der Waals surface area contributed by atoms with Crippen LogP contribution in [0.5, 0.6) is 0 Å². The number of aliphatic hydroxyl groups excluding tert-OH is 1. The predicted octanol–water partition coefficient (Wildman–Crippen LogP) is 1.56. The van der Waals surface area contributed by atoms with E-state index in [2.05, 4.69) is 19.9 Å². The molecule has 5 heteroatoms. The fourth-order valence-corrected chi connectivity index (χ4v) is 2.68. The minimum absolute atomic E-state index is 0.262. The number of hydrogen-bond donors (Lipinski definition) is 2. The fraction of sp³-hybridized carbons (Fsp3) is 0.538. The van der Waals surface area contributed by atoms with Gasteiger partial charge in [-0.05, 0) is 24.8 Å². The molecule has 0 amide bonds. The minimum Gasteiger partial charge on any atom is -0.396 e. The molecule has 1 atom stereocenters. The Hall–Kier alpha value is -1.62. The van der Waals surface area contributed by atoms with Crippen LogP contribution in [0, 0.1) is 5.92 Å². The monoisotopic (exact) mass is 246 g/mol. The Kier molecular flexibility index (Phi) is 3.15. The highest BCUT2D eigenvalue weighted by molar-refractivity contribution is 5.87. The van der Waals surface area contributed by atoms with Crippen molar-refractivity contribution >= 4 is 16.9 Å². The third kappa shape index (κ3) is 2.06. The maximum absolute atomic E-state index is 9.39. The van der Waals surface area contributed by atoms with Crippen molar-refractivity contribution < 1.29 is 5.11 Å². The molecule has 0 bridgehead atoms. The van der Waals surface area contributed by atoms with Crippen LogP contribution in [-0.2, 0) is 0 Å². The quantitative estimate of drug-likeness (QED) is 0.844. The van der Waals surface area contributed by atoms with E-state index in [1.165, 1.54) is 6.42 Å². The largest absolute Gasteiger partial charge is 0.396 e. The molecule has 1 fully saturated rings. The lowest BCUT2D eigenvalue weighted by molar-refractivity contribution is 0.223. The van der Waals surface area contributed by atoms with E-state index in [1.807, 2.05) is 12.3 Å². The molecule has 1 aliphatic heterocycles. The van der Waals surface area contributed by atoms with Gasteiger partial charge in [0.25, 0.3) is 0 Å². The van der Waals surface area contributed by atoms with Gasteiger partial charge in [0, 0.05) is 25.9 Å². The van der Waals surface area contributed by atoms with Crippen molar-refractivity contribution in [3.8, 4) is 0 Å². The number of nitrogens with zero attached hydrogens (tertiary/aromatic N) is 3. The first-order valence-corrected chi connectivity index (χ1v) is 6.52. The predicted molar refractivity (Wildman–Crippen MR) is 70.5 cm³/mol. The molecule has 1 aliphatic rings. The molecule has 1 unspecified atom stereocenters. The average Bonchev–Trinajstić information content (AvgIpc) is 2.75. The van der Waals surface area contributed by atoms with Crippen molar-refractivity contribution in [2.24, 2.45) is 5.92 Å². The van der Waals surface area contributed by atoms with Crippen LogP contribution in [0.2, 0.25) is 0 Å². The van der Waals surface area contributed by atoms with Crippen LogP contribution in [0.1, 0.15) is 19.3 Å². The lowest BCUT2D eigenvalue weighted by atomic mass is 10.1. The summed E-state index contributed by atoms with van der Waals surface area (Å²) >= 11 is 0. The maximum atomic E-state index is 9.39. The van der Waals surface area contributed by atoms with E-state index in [9.17, 15) is 5.11 Å². The number of rotatable bonds is 2. The van der Waals surface area contributed by atoms with E-state index in [0.29, 0.717) is 5.92 Å². The standard InChI is InChI=1S/C13H18N4O/c18-8-10-3-1-2-6-17(7-10)13-11-4-5-14-12(11)15-9-16-13/h4-5,9-10,18H,1-3,6-8H2,(H,14,15,16). The number of anilines is 1. The van der Waals surface area contributed by atoms with Gasteiger partial charge in [0.1, 0.15) is 17.8 Å². The highest BCUT2D eigenvalue weighted by atomic mass is 16.3. The number of aromatic amines is 1. The Morgan fingerprint density at radius 3 is 3.22 bits per heavy atom. The van der Waals surface area contributed by atoms with Crippen LogP contribution >= 0.6 is 0 Å². The van der Waals surface area contributed by atoms with Crippen molar-refractivity contribution in [1.29, 1.82) is 0 Å². The van der Waals surface area contributed by atoms with Crippen LogP contribution in [0.25, 0.3) is 11.0 Å². The Bertz CT molecular complexity index is 524. The molecule has 0 spiro atoms. The highest BCUT2D eigenvalue weighted by Gasteiger charge is 2.20. The molecular formula is C13H18N4O. The van der Waals surface area contributed by atoms with Gasteiger partial charge >= 0.3 is 0 Å². The molecule has 0 saturated carbocycles. The highest BCUT2D eigenvalue weighted by Crippen LogP contribution is 2.26. The van der Waals surface area contributed by atoms with E-state index < -0.39 is 0 Å². The topological polar surface area (TPSA) is 65.0 Å². The van der Waals surface area contributed by atoms with Crippen LogP contribution in [0.4, 0.5) is 5.82 Å². The lowest BCUT2D eigenvalue weighted by Gasteiger charge is -2.24. The van der Waals surface area contributed by atoms with E-state index in [-0.39, 0.29) is 6.61 Å². The van der Waals surface area contributed by atoms with E-state index >= 15 is 0 Å². The molecule has 5 nitrogen and oxygen atoms in total. The first kappa shape index (κ1) is 11.5. The van der Waals surface area contributed by atoms with Crippen molar-refractivity contribution in [3.05, 3.63) is 18.6 Å². The summed E-state index contributed by atoms with van der Waals surface area (Å²) in [7, 11) is 0. The molecule has 96 valence electrons. The molecular weight excluding hydrogens is 228 g/mol. The van der Waals surface area contributed by atoms with Crippen LogP contribution in [0.15, 0.2) is 18.6 Å². The number of H-pyrrole nitrogens is 1. The van der Waals surface area contributed by atoms with Gasteiger partial charge in [0.15, 0.2) is 0 Å². The van der Waals surface area contributed by atoms with Gasteiger partial charge in [-0.2, -0.15) is 0 Å². The van der Waals surface area contributed by atoms with Gasteiger partial charge in [-0.15, -0.1) is 0 Å². The van der Waals surface area contributed by atoms with E-state index in [1.54, 1.807) is 6.33 Å². The lowest BCUT2D eigenvalue weighted by Crippen LogP contribution is -2.30. The van der Waals surface area contributed by atoms with Crippen LogP contribution < -0.4 is 4.90 Å². The molecule has 2 N–H and O–H groups in total. The van der Waals surface area contributed by atoms with Crippen molar-refractivity contribution in [1.82, 2.24) is 15.0 Å². The Balaban J connectivity index is 1.94. The molecule has 0 aliphatic carbocycles. The minimum atomic E-state index is 0.262. The first-order valence-electron chi connectivity index (χ1n) is 6.52. The zero-order valence-corrected chi connectivity index (χ0v) is 10.3. The summed E-state index contributed by atoms with van der Waals surface area (Å²) in [6, 6.07) is 2.02. The molecule has 3 rings (SSSR count). The van der Waals surface area contributed by atoms with Crippen molar-refractivity contribution in [2.45, 2.75) is 19.3 Å². The third-order valence-corrected chi connectivity index (χ3v) is 3.66. The first-order chi connectivity index (χ1) is 8.88. The van der Waals surface area contributed by atoms with Crippen LogP contribution in [-0.4, -0.2) is 39.8 Å². The van der Waals surface area contributed by atoms with Gasteiger partial charge in [-0.3, -0.25) is 0 Å². The molecule has 18 heavy (non-hydrogen) atoms. The second-order valence-corrected chi connectivity index (χ2v) is 4.93. The Morgan fingerprint density at radius 1 is 1.39 bits per heavy atom.